The van der Waals surface area contributed by atoms with Crippen LogP contribution in [0.5, 0.6) is 0 Å². The zero-order valence-corrected chi connectivity index (χ0v) is 10.8. The highest BCUT2D eigenvalue weighted by molar-refractivity contribution is 4.91. The van der Waals surface area contributed by atoms with E-state index in [9.17, 15) is 5.11 Å². The molecule has 1 N–H and O–H groups in total. The lowest BCUT2D eigenvalue weighted by molar-refractivity contribution is -0.234. The van der Waals surface area contributed by atoms with Crippen LogP contribution in [0, 0.1) is 5.92 Å². The fourth-order valence-corrected chi connectivity index (χ4v) is 2.05. The SMILES string of the molecule is CO[C@@H]1[C@H](OCC(C)C)[C@@H](O)[C@H](C)O[C@H]1C. The number of aliphatic hydroxyl groups excluding tert-OH is 1. The third-order valence-corrected chi connectivity index (χ3v) is 2.93. The molecule has 1 aliphatic rings. The smallest absolute Gasteiger partial charge is 0.115 e. The molecule has 0 aliphatic carbocycles. The van der Waals surface area contributed by atoms with Crippen molar-refractivity contribution in [3.05, 3.63) is 0 Å². The van der Waals surface area contributed by atoms with Gasteiger partial charge in [-0.25, -0.2) is 0 Å². The van der Waals surface area contributed by atoms with E-state index < -0.39 is 6.10 Å². The second kappa shape index (κ2) is 5.96. The zero-order valence-electron chi connectivity index (χ0n) is 10.8. The Kier molecular flexibility index (Phi) is 5.18. The van der Waals surface area contributed by atoms with Crippen LogP contribution >= 0.6 is 0 Å². The molecule has 1 saturated heterocycles. The molecule has 0 aromatic carbocycles. The second-order valence-corrected chi connectivity index (χ2v) is 4.93. The summed E-state index contributed by atoms with van der Waals surface area (Å²) >= 11 is 0. The number of aliphatic hydroxyl groups is 1. The highest BCUT2D eigenvalue weighted by Gasteiger charge is 2.42. The first-order chi connectivity index (χ1) is 7.47. The summed E-state index contributed by atoms with van der Waals surface area (Å²) in [5.41, 5.74) is 0. The van der Waals surface area contributed by atoms with Crippen molar-refractivity contribution in [3.8, 4) is 0 Å². The molecule has 0 saturated carbocycles. The van der Waals surface area contributed by atoms with Gasteiger partial charge in [-0.15, -0.1) is 0 Å². The molecule has 0 amide bonds. The third-order valence-electron chi connectivity index (χ3n) is 2.93. The first-order valence-electron chi connectivity index (χ1n) is 5.95. The predicted octanol–water partition coefficient (Wildman–Crippen LogP) is 1.21. The van der Waals surface area contributed by atoms with E-state index in [2.05, 4.69) is 13.8 Å². The molecule has 16 heavy (non-hydrogen) atoms. The Balaban J connectivity index is 2.65. The fraction of sp³-hybridized carbons (Fsp3) is 1.00. The quantitative estimate of drug-likeness (QED) is 0.791. The van der Waals surface area contributed by atoms with Gasteiger partial charge in [-0.05, 0) is 19.8 Å². The molecule has 0 bridgehead atoms. The van der Waals surface area contributed by atoms with Crippen molar-refractivity contribution in [1.82, 2.24) is 0 Å². The maximum Gasteiger partial charge on any atom is 0.115 e. The van der Waals surface area contributed by atoms with Crippen LogP contribution in [0.15, 0.2) is 0 Å². The van der Waals surface area contributed by atoms with Gasteiger partial charge in [-0.2, -0.15) is 0 Å². The van der Waals surface area contributed by atoms with E-state index in [-0.39, 0.29) is 24.4 Å². The third kappa shape index (κ3) is 3.17. The van der Waals surface area contributed by atoms with E-state index in [0.29, 0.717) is 12.5 Å². The van der Waals surface area contributed by atoms with Crippen LogP contribution in [0.25, 0.3) is 0 Å². The normalized spacial score (nSPS) is 40.3. The van der Waals surface area contributed by atoms with Gasteiger partial charge in [0.25, 0.3) is 0 Å². The summed E-state index contributed by atoms with van der Waals surface area (Å²) in [4.78, 5) is 0. The molecule has 4 nitrogen and oxygen atoms in total. The summed E-state index contributed by atoms with van der Waals surface area (Å²) in [7, 11) is 1.62. The molecule has 4 heteroatoms. The number of methoxy groups -OCH3 is 1. The molecular weight excluding hydrogens is 208 g/mol. The average molecular weight is 232 g/mol. The first-order valence-corrected chi connectivity index (χ1v) is 5.95. The van der Waals surface area contributed by atoms with Gasteiger partial charge in [-0.1, -0.05) is 13.8 Å². The van der Waals surface area contributed by atoms with Gasteiger partial charge in [-0.3, -0.25) is 0 Å². The summed E-state index contributed by atoms with van der Waals surface area (Å²) in [6.45, 7) is 8.60. The van der Waals surface area contributed by atoms with Crippen molar-refractivity contribution in [2.45, 2.75) is 58.2 Å². The van der Waals surface area contributed by atoms with E-state index >= 15 is 0 Å². The minimum atomic E-state index is -0.625. The van der Waals surface area contributed by atoms with Crippen molar-refractivity contribution >= 4 is 0 Å². The topological polar surface area (TPSA) is 47.9 Å². The van der Waals surface area contributed by atoms with Crippen LogP contribution in [-0.4, -0.2) is 49.3 Å². The standard InChI is InChI=1S/C12H24O4/c1-7(2)6-15-12-10(13)8(3)16-9(4)11(12)14-5/h7-13H,6H2,1-5H3/t8-,9-,10-,11-,12+/m0/s1. The average Bonchev–Trinajstić information content (AvgIpc) is 2.20. The Morgan fingerprint density at radius 2 is 1.81 bits per heavy atom. The van der Waals surface area contributed by atoms with Gasteiger partial charge in [0.15, 0.2) is 0 Å². The van der Waals surface area contributed by atoms with Crippen molar-refractivity contribution in [2.75, 3.05) is 13.7 Å². The molecule has 0 aromatic rings. The molecule has 96 valence electrons. The number of ether oxygens (including phenoxy) is 3. The largest absolute Gasteiger partial charge is 0.388 e. The van der Waals surface area contributed by atoms with Gasteiger partial charge in [0.05, 0.1) is 12.2 Å². The molecule has 1 heterocycles. The monoisotopic (exact) mass is 232 g/mol. The predicted molar refractivity (Wildman–Crippen MR) is 61.4 cm³/mol. The molecule has 1 aliphatic heterocycles. The van der Waals surface area contributed by atoms with Crippen molar-refractivity contribution in [1.29, 1.82) is 0 Å². The second-order valence-electron chi connectivity index (χ2n) is 4.93. The van der Waals surface area contributed by atoms with Crippen molar-refractivity contribution in [3.63, 3.8) is 0 Å². The molecule has 0 spiro atoms. The van der Waals surface area contributed by atoms with Gasteiger partial charge in [0.1, 0.15) is 18.3 Å². The first kappa shape index (κ1) is 13.9. The summed E-state index contributed by atoms with van der Waals surface area (Å²) in [6.07, 6.45) is -1.39. The Hall–Kier alpha value is -0.160. The lowest BCUT2D eigenvalue weighted by atomic mass is 9.96. The van der Waals surface area contributed by atoms with Gasteiger partial charge in [0.2, 0.25) is 0 Å². The highest BCUT2D eigenvalue weighted by atomic mass is 16.6. The van der Waals surface area contributed by atoms with Crippen molar-refractivity contribution in [2.24, 2.45) is 5.92 Å². The molecule has 0 radical (unpaired) electrons. The molecular formula is C12H24O4. The Bertz CT molecular complexity index is 207. The van der Waals surface area contributed by atoms with E-state index in [4.69, 9.17) is 14.2 Å². The summed E-state index contributed by atoms with van der Waals surface area (Å²) < 4.78 is 16.7. The van der Waals surface area contributed by atoms with Crippen LogP contribution in [0.1, 0.15) is 27.7 Å². The molecule has 1 rings (SSSR count). The Labute approximate surface area is 97.9 Å². The molecule has 0 unspecified atom stereocenters. The fourth-order valence-electron chi connectivity index (χ4n) is 2.05. The van der Waals surface area contributed by atoms with Crippen molar-refractivity contribution < 1.29 is 19.3 Å². The summed E-state index contributed by atoms with van der Waals surface area (Å²) in [5.74, 6) is 0.443. The Morgan fingerprint density at radius 3 is 2.31 bits per heavy atom. The Morgan fingerprint density at radius 1 is 1.19 bits per heavy atom. The lowest BCUT2D eigenvalue weighted by Gasteiger charge is -2.42. The molecule has 5 atom stereocenters. The van der Waals surface area contributed by atoms with Gasteiger partial charge < -0.3 is 19.3 Å². The minimum absolute atomic E-state index is 0.0550. The number of hydrogen-bond donors (Lipinski definition) is 1. The van der Waals surface area contributed by atoms with Crippen LogP contribution < -0.4 is 0 Å². The maximum absolute atomic E-state index is 10.0. The van der Waals surface area contributed by atoms with E-state index in [1.165, 1.54) is 0 Å². The van der Waals surface area contributed by atoms with Crippen LogP contribution in [0.4, 0.5) is 0 Å². The number of hydrogen-bond acceptors (Lipinski definition) is 4. The summed E-state index contributed by atoms with van der Waals surface area (Å²) in [6, 6.07) is 0. The van der Waals surface area contributed by atoms with E-state index in [0.717, 1.165) is 0 Å². The molecule has 0 aromatic heterocycles. The highest BCUT2D eigenvalue weighted by Crippen LogP contribution is 2.25. The van der Waals surface area contributed by atoms with Gasteiger partial charge >= 0.3 is 0 Å². The van der Waals surface area contributed by atoms with E-state index in [1.54, 1.807) is 7.11 Å². The number of rotatable bonds is 4. The van der Waals surface area contributed by atoms with Crippen LogP contribution in [0.2, 0.25) is 0 Å². The zero-order chi connectivity index (χ0) is 12.3. The van der Waals surface area contributed by atoms with Gasteiger partial charge in [0, 0.05) is 13.7 Å². The van der Waals surface area contributed by atoms with Crippen LogP contribution in [-0.2, 0) is 14.2 Å². The maximum atomic E-state index is 10.0. The minimum Gasteiger partial charge on any atom is -0.388 e. The van der Waals surface area contributed by atoms with Crippen LogP contribution in [0.3, 0.4) is 0 Å². The van der Waals surface area contributed by atoms with E-state index in [1.807, 2.05) is 13.8 Å². The lowest BCUT2D eigenvalue weighted by Crippen LogP contribution is -2.57. The molecule has 1 fully saturated rings. The summed E-state index contributed by atoms with van der Waals surface area (Å²) in [5, 5.41) is 10.0.